The largest absolute Gasteiger partial charge is 0.296 e. The lowest BCUT2D eigenvalue weighted by atomic mass is 10.3. The van der Waals surface area contributed by atoms with E-state index in [1.165, 1.54) is 6.20 Å². The van der Waals surface area contributed by atoms with Crippen LogP contribution in [0.4, 0.5) is 0 Å². The van der Waals surface area contributed by atoms with Gasteiger partial charge in [0.1, 0.15) is 5.69 Å². The van der Waals surface area contributed by atoms with Crippen LogP contribution in [0.25, 0.3) is 0 Å². The minimum atomic E-state index is 0.449. The summed E-state index contributed by atoms with van der Waals surface area (Å²) in [5, 5.41) is 0. The first-order chi connectivity index (χ1) is 4.88. The van der Waals surface area contributed by atoms with Gasteiger partial charge in [0.05, 0.1) is 5.69 Å². The lowest BCUT2D eigenvalue weighted by Gasteiger charge is -1.95. The molecule has 1 aromatic heterocycles. The summed E-state index contributed by atoms with van der Waals surface area (Å²) in [5.41, 5.74) is 1.21. The first kappa shape index (κ1) is 6.86. The molecule has 0 radical (unpaired) electrons. The van der Waals surface area contributed by atoms with Crippen molar-refractivity contribution in [3.05, 3.63) is 23.8 Å². The van der Waals surface area contributed by atoms with E-state index in [1.54, 1.807) is 6.20 Å². The predicted octanol–water partition coefficient (Wildman–Crippen LogP) is 0.851. The van der Waals surface area contributed by atoms with Crippen molar-refractivity contribution in [3.8, 4) is 0 Å². The zero-order valence-electron chi connectivity index (χ0n) is 5.74. The van der Waals surface area contributed by atoms with Crippen LogP contribution in [0.5, 0.6) is 0 Å². The normalized spacial score (nSPS) is 9.30. The van der Waals surface area contributed by atoms with Gasteiger partial charge in [0.2, 0.25) is 0 Å². The number of hydrogen-bond donors (Lipinski definition) is 0. The summed E-state index contributed by atoms with van der Waals surface area (Å²) in [4.78, 5) is 18.1. The summed E-state index contributed by atoms with van der Waals surface area (Å²) >= 11 is 0. The fourth-order valence-electron chi connectivity index (χ4n) is 0.748. The third-order valence-corrected chi connectivity index (χ3v) is 1.25. The highest BCUT2D eigenvalue weighted by Gasteiger charge is 1.98. The van der Waals surface area contributed by atoms with Crippen LogP contribution in [0, 0.1) is 0 Å². The molecule has 0 fully saturated rings. The molecular formula is C7H8N2O. The lowest BCUT2D eigenvalue weighted by molar-refractivity contribution is 0.111. The topological polar surface area (TPSA) is 42.9 Å². The number of aldehydes is 1. The van der Waals surface area contributed by atoms with Gasteiger partial charge >= 0.3 is 0 Å². The van der Waals surface area contributed by atoms with E-state index in [1.807, 2.05) is 6.92 Å². The van der Waals surface area contributed by atoms with E-state index < -0.39 is 0 Å². The predicted molar refractivity (Wildman–Crippen MR) is 36.8 cm³/mol. The van der Waals surface area contributed by atoms with E-state index >= 15 is 0 Å². The Morgan fingerprint density at radius 1 is 1.50 bits per heavy atom. The minimum absolute atomic E-state index is 0.449. The molecule has 1 rings (SSSR count). The molecule has 0 saturated heterocycles. The maximum absolute atomic E-state index is 10.3. The molecule has 0 saturated carbocycles. The molecule has 0 aliphatic carbocycles. The molecule has 3 heteroatoms. The number of nitrogens with zero attached hydrogens (tertiary/aromatic N) is 2. The van der Waals surface area contributed by atoms with E-state index in [-0.39, 0.29) is 0 Å². The number of carbonyl (C=O) groups excluding carboxylic acids is 1. The van der Waals surface area contributed by atoms with Gasteiger partial charge in [-0.05, 0) is 6.42 Å². The van der Waals surface area contributed by atoms with Crippen molar-refractivity contribution in [1.82, 2.24) is 9.97 Å². The molecule has 0 N–H and O–H groups in total. The molecular weight excluding hydrogens is 128 g/mol. The van der Waals surface area contributed by atoms with Crippen molar-refractivity contribution < 1.29 is 4.79 Å². The SMILES string of the molecule is CCc1nccnc1C=O. The van der Waals surface area contributed by atoms with E-state index in [4.69, 9.17) is 0 Å². The highest BCUT2D eigenvalue weighted by Crippen LogP contribution is 1.97. The van der Waals surface area contributed by atoms with Crippen molar-refractivity contribution in [1.29, 1.82) is 0 Å². The highest BCUT2D eigenvalue weighted by atomic mass is 16.1. The molecule has 0 unspecified atom stereocenters. The molecule has 52 valence electrons. The smallest absolute Gasteiger partial charge is 0.170 e. The average Bonchev–Trinajstić information content (AvgIpc) is 2.04. The van der Waals surface area contributed by atoms with Crippen LogP contribution in [-0.4, -0.2) is 16.3 Å². The standard InChI is InChI=1S/C7H8N2O/c1-2-6-7(5-10)9-4-3-8-6/h3-5H,2H2,1H3. The summed E-state index contributed by atoms with van der Waals surface area (Å²) in [6.07, 6.45) is 4.59. The minimum Gasteiger partial charge on any atom is -0.296 e. The fraction of sp³-hybridized carbons (Fsp3) is 0.286. The second-order valence-corrected chi connectivity index (χ2v) is 1.86. The highest BCUT2D eigenvalue weighted by molar-refractivity contribution is 5.73. The van der Waals surface area contributed by atoms with Crippen LogP contribution in [0.15, 0.2) is 12.4 Å². The Kier molecular flexibility index (Phi) is 2.10. The van der Waals surface area contributed by atoms with E-state index in [2.05, 4.69) is 9.97 Å². The van der Waals surface area contributed by atoms with Crippen LogP contribution in [0.2, 0.25) is 0 Å². The van der Waals surface area contributed by atoms with Gasteiger partial charge in [-0.15, -0.1) is 0 Å². The number of hydrogen-bond acceptors (Lipinski definition) is 3. The molecule has 0 aliphatic rings. The van der Waals surface area contributed by atoms with E-state index in [0.29, 0.717) is 5.69 Å². The van der Waals surface area contributed by atoms with Gasteiger partial charge in [-0.2, -0.15) is 0 Å². The Bertz CT molecular complexity index is 235. The van der Waals surface area contributed by atoms with Crippen LogP contribution in [0.3, 0.4) is 0 Å². The van der Waals surface area contributed by atoms with E-state index in [9.17, 15) is 4.79 Å². The molecule has 1 aromatic rings. The molecule has 3 nitrogen and oxygen atoms in total. The monoisotopic (exact) mass is 136 g/mol. The number of aryl methyl sites for hydroxylation is 1. The molecule has 0 atom stereocenters. The summed E-state index contributed by atoms with van der Waals surface area (Å²) < 4.78 is 0. The summed E-state index contributed by atoms with van der Waals surface area (Å²) in [7, 11) is 0. The number of aromatic nitrogens is 2. The Hall–Kier alpha value is -1.25. The Labute approximate surface area is 59.1 Å². The number of rotatable bonds is 2. The second-order valence-electron chi connectivity index (χ2n) is 1.86. The molecule has 0 bridgehead atoms. The van der Waals surface area contributed by atoms with Gasteiger partial charge in [-0.3, -0.25) is 9.78 Å². The molecule has 0 aromatic carbocycles. The zero-order chi connectivity index (χ0) is 7.40. The Morgan fingerprint density at radius 3 is 2.70 bits per heavy atom. The van der Waals surface area contributed by atoms with Crippen LogP contribution in [-0.2, 0) is 6.42 Å². The summed E-state index contributed by atoms with van der Waals surface area (Å²) in [5.74, 6) is 0. The Balaban J connectivity index is 3.08. The maximum atomic E-state index is 10.3. The third-order valence-electron chi connectivity index (χ3n) is 1.25. The molecule has 0 aliphatic heterocycles. The molecule has 0 spiro atoms. The van der Waals surface area contributed by atoms with Gasteiger partial charge in [-0.25, -0.2) is 4.98 Å². The van der Waals surface area contributed by atoms with Crippen molar-refractivity contribution in [3.63, 3.8) is 0 Å². The van der Waals surface area contributed by atoms with Crippen LogP contribution >= 0.6 is 0 Å². The molecule has 10 heavy (non-hydrogen) atoms. The second kappa shape index (κ2) is 3.06. The first-order valence-corrected chi connectivity index (χ1v) is 3.13. The van der Waals surface area contributed by atoms with Crippen molar-refractivity contribution in [2.45, 2.75) is 13.3 Å². The van der Waals surface area contributed by atoms with Crippen molar-refractivity contribution in [2.24, 2.45) is 0 Å². The maximum Gasteiger partial charge on any atom is 0.170 e. The third kappa shape index (κ3) is 1.18. The zero-order valence-corrected chi connectivity index (χ0v) is 5.74. The van der Waals surface area contributed by atoms with Gasteiger partial charge in [0.15, 0.2) is 6.29 Å². The average molecular weight is 136 g/mol. The lowest BCUT2D eigenvalue weighted by Crippen LogP contribution is -1.96. The summed E-state index contributed by atoms with van der Waals surface area (Å²) in [6.45, 7) is 1.94. The van der Waals surface area contributed by atoms with Gasteiger partial charge < -0.3 is 0 Å². The number of carbonyl (C=O) groups is 1. The quantitative estimate of drug-likeness (QED) is 0.566. The van der Waals surface area contributed by atoms with Crippen molar-refractivity contribution >= 4 is 6.29 Å². The van der Waals surface area contributed by atoms with Gasteiger partial charge in [0, 0.05) is 12.4 Å². The fourth-order valence-corrected chi connectivity index (χ4v) is 0.748. The van der Waals surface area contributed by atoms with Gasteiger partial charge in [-0.1, -0.05) is 6.92 Å². The molecule has 1 heterocycles. The first-order valence-electron chi connectivity index (χ1n) is 3.13. The van der Waals surface area contributed by atoms with Crippen LogP contribution in [0.1, 0.15) is 23.1 Å². The van der Waals surface area contributed by atoms with Crippen LogP contribution < -0.4 is 0 Å². The van der Waals surface area contributed by atoms with E-state index in [0.717, 1.165) is 18.4 Å². The van der Waals surface area contributed by atoms with Gasteiger partial charge in [0.25, 0.3) is 0 Å². The summed E-state index contributed by atoms with van der Waals surface area (Å²) in [6, 6.07) is 0. The van der Waals surface area contributed by atoms with Crippen molar-refractivity contribution in [2.75, 3.05) is 0 Å². The molecule has 0 amide bonds. The Morgan fingerprint density at radius 2 is 2.20 bits per heavy atom.